The van der Waals surface area contributed by atoms with E-state index in [1.54, 1.807) is 11.9 Å². The summed E-state index contributed by atoms with van der Waals surface area (Å²) in [5.74, 6) is -1.71. The molecule has 1 aliphatic carbocycles. The summed E-state index contributed by atoms with van der Waals surface area (Å²) in [6.07, 6.45) is 13.0. The van der Waals surface area contributed by atoms with E-state index in [-0.39, 0.29) is 30.3 Å². The van der Waals surface area contributed by atoms with Gasteiger partial charge in [-0.15, -0.1) is 0 Å². The van der Waals surface area contributed by atoms with Crippen LogP contribution >= 0.6 is 0 Å². The Hall–Kier alpha value is -5.77. The van der Waals surface area contributed by atoms with E-state index in [1.165, 1.54) is 0 Å². The third kappa shape index (κ3) is 7.51. The van der Waals surface area contributed by atoms with Crippen LogP contribution < -0.4 is 9.47 Å². The van der Waals surface area contributed by atoms with Gasteiger partial charge in [0.25, 0.3) is 0 Å². The summed E-state index contributed by atoms with van der Waals surface area (Å²) in [6, 6.07) is 20.1. The lowest BCUT2D eigenvalue weighted by molar-refractivity contribution is -0.671. The molecule has 3 aromatic rings. The first-order valence-corrected chi connectivity index (χ1v) is 18.4. The molecule has 0 radical (unpaired) electrons. The molecule has 10 heteroatoms. The Labute approximate surface area is 317 Å². The van der Waals surface area contributed by atoms with E-state index in [0.717, 1.165) is 56.3 Å². The number of carboxylic acid groups (broad SMARTS) is 2. The number of rotatable bonds is 12. The van der Waals surface area contributed by atoms with Gasteiger partial charge >= 0.3 is 18.0 Å². The van der Waals surface area contributed by atoms with Crippen molar-refractivity contribution in [2.24, 2.45) is 7.05 Å². The number of anilines is 1. The molecule has 0 saturated heterocycles. The number of fused-ring (bicyclic) bond motifs is 2. The van der Waals surface area contributed by atoms with E-state index in [4.69, 9.17) is 4.74 Å². The molecule has 0 saturated carbocycles. The first kappa shape index (κ1) is 38.0. The minimum Gasteiger partial charge on any atom is -0.481 e. The third-order valence-electron chi connectivity index (χ3n) is 10.9. The normalized spacial score (nSPS) is 18.5. The van der Waals surface area contributed by atoms with E-state index < -0.39 is 18.0 Å². The van der Waals surface area contributed by atoms with Gasteiger partial charge in [-0.2, -0.15) is 4.58 Å². The Bertz CT molecular complexity index is 2140. The zero-order valence-corrected chi connectivity index (χ0v) is 32.0. The number of likely N-dealkylation sites (N-methyl/N-ethyl adjacent to an activating group) is 1. The topological polar surface area (TPSA) is 114 Å². The summed E-state index contributed by atoms with van der Waals surface area (Å²) in [6.45, 7) is 9.40. The smallest absolute Gasteiger partial charge is 0.414 e. The zero-order chi connectivity index (χ0) is 38.8. The number of aromatic nitrogens is 1. The summed E-state index contributed by atoms with van der Waals surface area (Å²) >= 11 is 0. The van der Waals surface area contributed by atoms with E-state index in [9.17, 15) is 24.6 Å². The molecule has 0 fully saturated rings. The molecular formula is C44H50N4O6+2. The Morgan fingerprint density at radius 2 is 1.52 bits per heavy atom. The van der Waals surface area contributed by atoms with Gasteiger partial charge in [-0.25, -0.2) is 9.36 Å². The number of para-hydroxylation sites is 2. The van der Waals surface area contributed by atoms with Crippen LogP contribution in [0.15, 0.2) is 120 Å². The highest BCUT2D eigenvalue weighted by Crippen LogP contribution is 2.48. The predicted octanol–water partition coefficient (Wildman–Crippen LogP) is 7.32. The lowest BCUT2D eigenvalue weighted by Crippen LogP contribution is -2.29. The second kappa shape index (κ2) is 15.3. The number of aliphatic carboxylic acids is 2. The molecule has 0 unspecified atom stereocenters. The van der Waals surface area contributed by atoms with Crippen molar-refractivity contribution >= 4 is 35.1 Å². The fourth-order valence-electron chi connectivity index (χ4n) is 7.97. The highest BCUT2D eigenvalue weighted by Gasteiger charge is 2.44. The fraction of sp³-hybridized carbons (Fsp3) is 0.341. The maximum atomic E-state index is 13.8. The van der Waals surface area contributed by atoms with Crippen LogP contribution in [-0.4, -0.2) is 63.6 Å². The molecule has 0 bridgehead atoms. The van der Waals surface area contributed by atoms with E-state index in [2.05, 4.69) is 73.6 Å². The number of nitrogens with zero attached hydrogens (tertiary/aromatic N) is 4. The number of carbonyl (C=O) groups is 3. The molecule has 54 heavy (non-hydrogen) atoms. The number of benzene rings is 2. The molecule has 2 aromatic carbocycles. The van der Waals surface area contributed by atoms with Crippen molar-refractivity contribution in [1.29, 1.82) is 0 Å². The van der Waals surface area contributed by atoms with Gasteiger partial charge in [-0.05, 0) is 55.5 Å². The first-order valence-electron chi connectivity index (χ1n) is 18.4. The van der Waals surface area contributed by atoms with Crippen molar-refractivity contribution in [3.05, 3.63) is 137 Å². The number of ether oxygens (including phenoxy) is 1. The molecule has 3 aliphatic rings. The maximum absolute atomic E-state index is 13.8. The average Bonchev–Trinajstić information content (AvgIpc) is 3.71. The largest absolute Gasteiger partial charge is 0.481 e. The van der Waals surface area contributed by atoms with Crippen molar-refractivity contribution in [3.8, 4) is 0 Å². The molecule has 3 heterocycles. The van der Waals surface area contributed by atoms with Crippen molar-refractivity contribution in [2.45, 2.75) is 70.8 Å². The third-order valence-corrected chi connectivity index (χ3v) is 10.9. The molecule has 1 amide bonds. The van der Waals surface area contributed by atoms with Crippen LogP contribution in [0, 0.1) is 0 Å². The van der Waals surface area contributed by atoms with Gasteiger partial charge in [0.2, 0.25) is 5.69 Å². The number of hydrogen-bond acceptors (Lipinski definition) is 5. The van der Waals surface area contributed by atoms with Gasteiger partial charge in [0.05, 0.1) is 17.5 Å². The Morgan fingerprint density at radius 3 is 2.22 bits per heavy atom. The van der Waals surface area contributed by atoms with E-state index >= 15 is 0 Å². The minimum absolute atomic E-state index is 0.00476. The van der Waals surface area contributed by atoms with Crippen LogP contribution in [-0.2, 0) is 38.8 Å². The average molecular weight is 731 g/mol. The molecule has 10 nitrogen and oxygen atoms in total. The molecule has 6 rings (SSSR count). The SMILES string of the molecule is CN(C(=O)OCc1cc[n+](C)cc1)C1=C(C=CC2=[N+](CCC(=O)O)c3ccccc3C2(C)C)CCC1=CC=C1N(CCC(=O)O)c2ccccc2C1(C)C. The zero-order valence-electron chi connectivity index (χ0n) is 32.0. The summed E-state index contributed by atoms with van der Waals surface area (Å²) < 4.78 is 9.85. The van der Waals surface area contributed by atoms with Crippen molar-refractivity contribution in [3.63, 3.8) is 0 Å². The Morgan fingerprint density at radius 1 is 0.852 bits per heavy atom. The molecule has 0 spiro atoms. The summed E-state index contributed by atoms with van der Waals surface area (Å²) in [7, 11) is 3.67. The van der Waals surface area contributed by atoms with Crippen LogP contribution in [0.4, 0.5) is 16.2 Å². The van der Waals surface area contributed by atoms with Crippen LogP contribution in [0.5, 0.6) is 0 Å². The van der Waals surface area contributed by atoms with Gasteiger partial charge in [-0.1, -0.05) is 62.4 Å². The summed E-state index contributed by atoms with van der Waals surface area (Å²) in [5, 5.41) is 19.2. The van der Waals surface area contributed by atoms with Crippen molar-refractivity contribution in [1.82, 2.24) is 4.90 Å². The quantitative estimate of drug-likeness (QED) is 0.188. The minimum atomic E-state index is -0.857. The second-order valence-corrected chi connectivity index (χ2v) is 15.2. The van der Waals surface area contributed by atoms with Crippen LogP contribution in [0.2, 0.25) is 0 Å². The molecule has 1 aromatic heterocycles. The fourth-order valence-corrected chi connectivity index (χ4v) is 7.97. The van der Waals surface area contributed by atoms with Crippen LogP contribution in [0.25, 0.3) is 0 Å². The summed E-state index contributed by atoms with van der Waals surface area (Å²) in [5.41, 5.74) is 9.01. The van der Waals surface area contributed by atoms with Crippen LogP contribution in [0.3, 0.4) is 0 Å². The number of hydrogen-bond donors (Lipinski definition) is 2. The van der Waals surface area contributed by atoms with Crippen molar-refractivity contribution in [2.75, 3.05) is 25.0 Å². The second-order valence-electron chi connectivity index (χ2n) is 15.2. The van der Waals surface area contributed by atoms with Crippen LogP contribution in [0.1, 0.15) is 70.1 Å². The number of aryl methyl sites for hydroxylation is 1. The van der Waals surface area contributed by atoms with E-state index in [1.807, 2.05) is 72.5 Å². The van der Waals surface area contributed by atoms with Gasteiger partial charge in [-0.3, -0.25) is 14.5 Å². The number of pyridine rings is 1. The van der Waals surface area contributed by atoms with E-state index in [0.29, 0.717) is 25.9 Å². The lowest BCUT2D eigenvalue weighted by atomic mass is 9.81. The number of carboxylic acids is 2. The number of amides is 1. The standard InChI is InChI=1S/C44H48N4O6/c1-43(2)33-11-7-9-13-35(33)47(27-23-39(49)50)37(43)19-17-31-15-16-32(41(31)46(6)42(53)54-29-30-21-25-45(5)26-22-30)18-20-38-44(3,4)34-12-8-10-14-36(34)48(38)28-24-40(51)52/h7-14,17-22,25-26H,15-16,23-24,27-29H2,1-6H3/p+2. The molecule has 280 valence electrons. The van der Waals surface area contributed by atoms with Crippen molar-refractivity contribution < 1.29 is 38.5 Å². The highest BCUT2D eigenvalue weighted by molar-refractivity contribution is 6.03. The molecular weight excluding hydrogens is 681 g/mol. The summed E-state index contributed by atoms with van der Waals surface area (Å²) in [4.78, 5) is 40.8. The monoisotopic (exact) mass is 730 g/mol. The maximum Gasteiger partial charge on any atom is 0.414 e. The Kier molecular flexibility index (Phi) is 10.8. The van der Waals surface area contributed by atoms with Gasteiger partial charge in [0, 0.05) is 65.8 Å². The van der Waals surface area contributed by atoms with Gasteiger partial charge in [0.15, 0.2) is 24.7 Å². The predicted molar refractivity (Wildman–Crippen MR) is 208 cm³/mol. The number of carbonyl (C=O) groups excluding carboxylic acids is 1. The van der Waals surface area contributed by atoms with Gasteiger partial charge < -0.3 is 19.8 Å². The number of allylic oxidation sites excluding steroid dienone is 7. The highest BCUT2D eigenvalue weighted by atomic mass is 16.6. The Balaban J connectivity index is 1.41. The first-order chi connectivity index (χ1) is 25.7. The molecule has 0 atom stereocenters. The lowest BCUT2D eigenvalue weighted by Gasteiger charge is -2.27. The molecule has 2 aliphatic heterocycles. The van der Waals surface area contributed by atoms with Gasteiger partial charge in [0.1, 0.15) is 20.1 Å². The molecule has 2 N–H and O–H groups in total.